The van der Waals surface area contributed by atoms with E-state index < -0.39 is 0 Å². The van der Waals surface area contributed by atoms with Crippen LogP contribution >= 0.6 is 0 Å². The lowest BCUT2D eigenvalue weighted by molar-refractivity contribution is -0.120. The first-order chi connectivity index (χ1) is 12.6. The van der Waals surface area contributed by atoms with Gasteiger partial charge in [-0.3, -0.25) is 4.79 Å². The first kappa shape index (κ1) is 19.4. The third-order valence-corrected chi connectivity index (χ3v) is 3.74. The largest absolute Gasteiger partial charge is 0.357 e. The number of rotatable bonds is 7. The minimum atomic E-state index is -0.224. The first-order valence-electron chi connectivity index (χ1n) is 8.66. The average Bonchev–Trinajstić information content (AvgIpc) is 2.66. The Balaban J connectivity index is 1.84. The molecule has 0 aliphatic heterocycles. The van der Waals surface area contributed by atoms with E-state index in [0.29, 0.717) is 31.2 Å². The fourth-order valence-corrected chi connectivity index (χ4v) is 2.34. The lowest BCUT2D eigenvalue weighted by atomic mass is 10.1. The van der Waals surface area contributed by atoms with Crippen molar-refractivity contribution in [2.24, 2.45) is 4.99 Å². The van der Waals surface area contributed by atoms with Gasteiger partial charge in [0.15, 0.2) is 5.96 Å². The van der Waals surface area contributed by atoms with Crippen LogP contribution in [0.5, 0.6) is 0 Å². The van der Waals surface area contributed by atoms with Crippen molar-refractivity contribution in [1.82, 2.24) is 16.0 Å². The second-order valence-corrected chi connectivity index (χ2v) is 5.89. The molecule has 0 aromatic heterocycles. The number of aryl methyl sites for hydroxylation is 1. The first-order valence-corrected chi connectivity index (χ1v) is 8.66. The predicted octanol–water partition coefficient (Wildman–Crippen LogP) is 2.51. The van der Waals surface area contributed by atoms with Gasteiger partial charge in [-0.25, -0.2) is 9.38 Å². The zero-order valence-electron chi connectivity index (χ0n) is 15.2. The minimum Gasteiger partial charge on any atom is -0.357 e. The molecule has 0 saturated carbocycles. The molecule has 1 amide bonds. The molecule has 5 nitrogen and oxygen atoms in total. The van der Waals surface area contributed by atoms with Gasteiger partial charge in [-0.1, -0.05) is 42.5 Å². The monoisotopic (exact) mass is 356 g/mol. The number of guanidine groups is 1. The van der Waals surface area contributed by atoms with Crippen LogP contribution in [0.15, 0.2) is 53.5 Å². The summed E-state index contributed by atoms with van der Waals surface area (Å²) in [5.41, 5.74) is 2.55. The van der Waals surface area contributed by atoms with Crippen molar-refractivity contribution in [2.75, 3.05) is 13.1 Å². The number of benzene rings is 2. The Morgan fingerprint density at radius 3 is 2.50 bits per heavy atom. The summed E-state index contributed by atoms with van der Waals surface area (Å²) < 4.78 is 13.3. The number of halogens is 1. The Kier molecular flexibility index (Phi) is 7.61. The van der Waals surface area contributed by atoms with Gasteiger partial charge in [0.2, 0.25) is 5.91 Å². The summed E-state index contributed by atoms with van der Waals surface area (Å²) in [7, 11) is 0. The maximum Gasteiger partial charge on any atom is 0.239 e. The molecule has 3 N–H and O–H groups in total. The molecule has 0 fully saturated rings. The molecular weight excluding hydrogens is 331 g/mol. The highest BCUT2D eigenvalue weighted by Crippen LogP contribution is 2.09. The van der Waals surface area contributed by atoms with E-state index in [1.807, 2.05) is 37.3 Å². The van der Waals surface area contributed by atoms with Gasteiger partial charge in [0, 0.05) is 13.1 Å². The molecule has 26 heavy (non-hydrogen) atoms. The Morgan fingerprint density at radius 2 is 1.81 bits per heavy atom. The van der Waals surface area contributed by atoms with Crippen LogP contribution in [0.3, 0.4) is 0 Å². The molecule has 0 aliphatic carbocycles. The number of hydrogen-bond acceptors (Lipinski definition) is 2. The Labute approximate surface area is 153 Å². The topological polar surface area (TPSA) is 65.5 Å². The van der Waals surface area contributed by atoms with Gasteiger partial charge in [0.05, 0.1) is 13.1 Å². The van der Waals surface area contributed by atoms with Crippen LogP contribution in [-0.2, 0) is 17.9 Å². The molecule has 0 spiro atoms. The van der Waals surface area contributed by atoms with Crippen LogP contribution in [0, 0.1) is 12.7 Å². The van der Waals surface area contributed by atoms with E-state index in [0.717, 1.165) is 11.1 Å². The summed E-state index contributed by atoms with van der Waals surface area (Å²) in [6, 6.07) is 14.7. The van der Waals surface area contributed by atoms with Gasteiger partial charge >= 0.3 is 0 Å². The van der Waals surface area contributed by atoms with Crippen molar-refractivity contribution in [3.05, 3.63) is 71.0 Å². The van der Waals surface area contributed by atoms with Crippen LogP contribution in [0.1, 0.15) is 23.6 Å². The third kappa shape index (κ3) is 6.55. The lowest BCUT2D eigenvalue weighted by Crippen LogP contribution is -2.43. The highest BCUT2D eigenvalue weighted by Gasteiger charge is 2.04. The van der Waals surface area contributed by atoms with E-state index in [1.54, 1.807) is 19.1 Å². The number of carbonyl (C=O) groups is 1. The number of hydrogen-bond donors (Lipinski definition) is 3. The van der Waals surface area contributed by atoms with E-state index in [4.69, 9.17) is 0 Å². The molecule has 6 heteroatoms. The maximum absolute atomic E-state index is 13.3. The maximum atomic E-state index is 13.3. The minimum absolute atomic E-state index is 0.114. The van der Waals surface area contributed by atoms with Gasteiger partial charge in [-0.2, -0.15) is 0 Å². The van der Waals surface area contributed by atoms with Gasteiger partial charge < -0.3 is 16.0 Å². The standard InChI is InChI=1S/C20H25FN4O/c1-3-22-20(24-13-17-9-10-18(21)15(2)11-17)25-14-19(26)23-12-16-7-5-4-6-8-16/h4-11H,3,12-14H2,1-2H3,(H,23,26)(H2,22,24,25). The summed E-state index contributed by atoms with van der Waals surface area (Å²) in [6.07, 6.45) is 0. The summed E-state index contributed by atoms with van der Waals surface area (Å²) in [6.45, 7) is 5.38. The molecule has 0 bridgehead atoms. The Morgan fingerprint density at radius 1 is 1.04 bits per heavy atom. The molecule has 2 rings (SSSR count). The molecule has 0 radical (unpaired) electrons. The summed E-state index contributed by atoms with van der Waals surface area (Å²) >= 11 is 0. The van der Waals surface area contributed by atoms with Crippen molar-refractivity contribution >= 4 is 11.9 Å². The van der Waals surface area contributed by atoms with Gasteiger partial charge in [-0.15, -0.1) is 0 Å². The van der Waals surface area contributed by atoms with Gasteiger partial charge in [0.25, 0.3) is 0 Å². The van der Waals surface area contributed by atoms with Crippen LogP contribution < -0.4 is 16.0 Å². The van der Waals surface area contributed by atoms with Crippen LogP contribution in [0.2, 0.25) is 0 Å². The van der Waals surface area contributed by atoms with Crippen LogP contribution in [-0.4, -0.2) is 25.0 Å². The number of aliphatic imine (C=N–C) groups is 1. The van der Waals surface area contributed by atoms with Crippen molar-refractivity contribution in [3.63, 3.8) is 0 Å². The molecular formula is C20H25FN4O. The molecule has 0 saturated heterocycles. The second kappa shape index (κ2) is 10.2. The van der Waals surface area contributed by atoms with E-state index in [9.17, 15) is 9.18 Å². The van der Waals surface area contributed by atoms with E-state index in [-0.39, 0.29) is 18.3 Å². The van der Waals surface area contributed by atoms with Crippen LogP contribution in [0.25, 0.3) is 0 Å². The fraction of sp³-hybridized carbons (Fsp3) is 0.300. The van der Waals surface area contributed by atoms with Gasteiger partial charge in [0.1, 0.15) is 5.82 Å². The summed E-state index contributed by atoms with van der Waals surface area (Å²) in [4.78, 5) is 16.4. The second-order valence-electron chi connectivity index (χ2n) is 5.89. The van der Waals surface area contributed by atoms with Crippen molar-refractivity contribution in [3.8, 4) is 0 Å². The van der Waals surface area contributed by atoms with Crippen molar-refractivity contribution < 1.29 is 9.18 Å². The highest BCUT2D eigenvalue weighted by molar-refractivity contribution is 5.86. The molecule has 0 unspecified atom stereocenters. The zero-order valence-corrected chi connectivity index (χ0v) is 15.2. The smallest absolute Gasteiger partial charge is 0.239 e. The predicted molar refractivity (Wildman–Crippen MR) is 102 cm³/mol. The summed E-state index contributed by atoms with van der Waals surface area (Å²) in [5.74, 6) is 0.208. The lowest BCUT2D eigenvalue weighted by Gasteiger charge is -2.12. The Bertz CT molecular complexity index is 747. The quantitative estimate of drug-likeness (QED) is 0.528. The van der Waals surface area contributed by atoms with E-state index in [1.165, 1.54) is 6.07 Å². The number of nitrogens with zero attached hydrogens (tertiary/aromatic N) is 1. The van der Waals surface area contributed by atoms with Gasteiger partial charge in [-0.05, 0) is 36.6 Å². The SMILES string of the molecule is CCNC(=NCc1ccc(F)c(C)c1)NCC(=O)NCc1ccccc1. The number of carbonyl (C=O) groups excluding carboxylic acids is 1. The highest BCUT2D eigenvalue weighted by atomic mass is 19.1. The molecule has 2 aromatic rings. The van der Waals surface area contributed by atoms with Crippen molar-refractivity contribution in [1.29, 1.82) is 0 Å². The molecule has 0 atom stereocenters. The van der Waals surface area contributed by atoms with Crippen LogP contribution in [0.4, 0.5) is 4.39 Å². The number of amides is 1. The number of nitrogens with one attached hydrogen (secondary N) is 3. The third-order valence-electron chi connectivity index (χ3n) is 3.74. The average molecular weight is 356 g/mol. The molecule has 0 heterocycles. The molecule has 138 valence electrons. The molecule has 2 aromatic carbocycles. The summed E-state index contributed by atoms with van der Waals surface area (Å²) in [5, 5.41) is 8.96. The van der Waals surface area contributed by atoms with Crippen molar-refractivity contribution in [2.45, 2.75) is 26.9 Å². The van der Waals surface area contributed by atoms with E-state index >= 15 is 0 Å². The molecule has 0 aliphatic rings. The Hall–Kier alpha value is -2.89. The fourth-order valence-electron chi connectivity index (χ4n) is 2.34. The zero-order chi connectivity index (χ0) is 18.8. The van der Waals surface area contributed by atoms with E-state index in [2.05, 4.69) is 20.9 Å². The normalized spacial score (nSPS) is 11.1.